The van der Waals surface area contributed by atoms with E-state index in [9.17, 15) is 14.7 Å². The molecule has 1 aliphatic rings. The number of urea groups is 1. The zero-order valence-corrected chi connectivity index (χ0v) is 12.3. The molecule has 1 unspecified atom stereocenters. The van der Waals surface area contributed by atoms with E-state index in [1.807, 2.05) is 0 Å². The van der Waals surface area contributed by atoms with Crippen molar-refractivity contribution in [1.82, 2.24) is 10.2 Å². The maximum absolute atomic E-state index is 12.2. The summed E-state index contributed by atoms with van der Waals surface area (Å²) in [6.07, 6.45) is 4.23. The summed E-state index contributed by atoms with van der Waals surface area (Å²) in [7, 11) is 0. The number of β-amino-alcohol motifs (C(OH)–C–C–N with tert-alkyl or cyclic N) is 1. The number of rotatable bonds is 7. The number of aliphatic carboxylic acids is 1. The maximum Gasteiger partial charge on any atom is 0.326 e. The van der Waals surface area contributed by atoms with Crippen molar-refractivity contribution in [2.75, 3.05) is 6.54 Å². The Bertz CT molecular complexity index is 335. The van der Waals surface area contributed by atoms with E-state index in [1.54, 1.807) is 0 Å². The third kappa shape index (κ3) is 4.67. The summed E-state index contributed by atoms with van der Waals surface area (Å²) in [5, 5.41) is 21.6. The van der Waals surface area contributed by atoms with Gasteiger partial charge in [-0.15, -0.1) is 0 Å². The average molecular weight is 286 g/mol. The minimum absolute atomic E-state index is 0.0830. The Morgan fingerprint density at radius 1 is 1.30 bits per heavy atom. The van der Waals surface area contributed by atoms with Crippen LogP contribution in [-0.4, -0.2) is 51.8 Å². The summed E-state index contributed by atoms with van der Waals surface area (Å²) in [6, 6.07) is -1.21. The first-order chi connectivity index (χ1) is 9.49. The zero-order chi connectivity index (χ0) is 15.1. The number of amides is 2. The predicted molar refractivity (Wildman–Crippen MR) is 75.5 cm³/mol. The molecular formula is C14H26N2O4. The van der Waals surface area contributed by atoms with Gasteiger partial charge in [0.25, 0.3) is 0 Å². The molecule has 6 heteroatoms. The monoisotopic (exact) mass is 286 g/mol. The van der Waals surface area contributed by atoms with E-state index in [-0.39, 0.29) is 25.0 Å². The Kier molecular flexibility index (Phi) is 6.78. The van der Waals surface area contributed by atoms with Gasteiger partial charge in [-0.05, 0) is 12.8 Å². The van der Waals surface area contributed by atoms with Crippen molar-refractivity contribution in [2.24, 2.45) is 0 Å². The van der Waals surface area contributed by atoms with Crippen molar-refractivity contribution in [3.8, 4) is 0 Å². The van der Waals surface area contributed by atoms with Crippen LogP contribution in [0.2, 0.25) is 0 Å². The molecule has 3 atom stereocenters. The van der Waals surface area contributed by atoms with Crippen molar-refractivity contribution < 1.29 is 19.8 Å². The Hall–Kier alpha value is -1.30. The summed E-state index contributed by atoms with van der Waals surface area (Å²) in [4.78, 5) is 24.5. The molecule has 20 heavy (non-hydrogen) atoms. The number of carboxylic acid groups (broad SMARTS) is 1. The van der Waals surface area contributed by atoms with Gasteiger partial charge in [-0.3, -0.25) is 0 Å². The van der Waals surface area contributed by atoms with Crippen LogP contribution >= 0.6 is 0 Å². The summed E-state index contributed by atoms with van der Waals surface area (Å²) in [5.41, 5.74) is 0. The van der Waals surface area contributed by atoms with Crippen LogP contribution in [0, 0.1) is 0 Å². The van der Waals surface area contributed by atoms with E-state index in [4.69, 9.17) is 5.11 Å². The molecule has 0 radical (unpaired) electrons. The Morgan fingerprint density at radius 2 is 2.00 bits per heavy atom. The van der Waals surface area contributed by atoms with Gasteiger partial charge < -0.3 is 20.4 Å². The number of aliphatic hydroxyl groups excluding tert-OH is 1. The summed E-state index contributed by atoms with van der Waals surface area (Å²) in [6.45, 7) is 4.25. The van der Waals surface area contributed by atoms with Crippen molar-refractivity contribution in [2.45, 2.75) is 70.6 Å². The highest BCUT2D eigenvalue weighted by Gasteiger charge is 2.39. The van der Waals surface area contributed by atoms with Crippen LogP contribution in [0.25, 0.3) is 0 Å². The van der Waals surface area contributed by atoms with Crippen LogP contribution in [0.1, 0.15) is 52.4 Å². The lowest BCUT2D eigenvalue weighted by Crippen LogP contribution is -2.49. The normalized spacial score (nSPS) is 23.6. The fourth-order valence-corrected chi connectivity index (χ4v) is 2.62. The molecule has 0 spiro atoms. The number of unbranched alkanes of at least 4 members (excludes halogenated alkanes) is 1. The van der Waals surface area contributed by atoms with Crippen molar-refractivity contribution in [3.63, 3.8) is 0 Å². The molecule has 1 saturated heterocycles. The van der Waals surface area contributed by atoms with Gasteiger partial charge in [0, 0.05) is 19.0 Å². The molecule has 2 amide bonds. The van der Waals surface area contributed by atoms with Crippen LogP contribution in [0.15, 0.2) is 0 Å². The molecule has 1 fully saturated rings. The van der Waals surface area contributed by atoms with Crippen molar-refractivity contribution in [3.05, 3.63) is 0 Å². The standard InChI is InChI=1S/C14H26N2O4/c1-3-5-7-10(6-4-2)15-14(20)16-9-11(17)8-12(16)13(18)19/h10-12,17H,3-9H2,1-2H3,(H,15,20)(H,18,19)/t10?,11-,12-/m1/s1. The van der Waals surface area contributed by atoms with Gasteiger partial charge in [0.15, 0.2) is 0 Å². The quantitative estimate of drug-likeness (QED) is 0.662. The Labute approximate surface area is 120 Å². The number of hydrogen-bond acceptors (Lipinski definition) is 3. The molecule has 0 bridgehead atoms. The SMILES string of the molecule is CCCCC(CCC)NC(=O)N1C[C@H](O)C[C@@H]1C(=O)O. The lowest BCUT2D eigenvalue weighted by molar-refractivity contribution is -0.141. The Morgan fingerprint density at radius 3 is 2.55 bits per heavy atom. The first kappa shape index (κ1) is 16.8. The van der Waals surface area contributed by atoms with E-state index in [1.165, 1.54) is 4.90 Å². The topological polar surface area (TPSA) is 89.9 Å². The van der Waals surface area contributed by atoms with Gasteiger partial charge in [0.1, 0.15) is 6.04 Å². The van der Waals surface area contributed by atoms with Crippen LogP contribution in [0.5, 0.6) is 0 Å². The summed E-state index contributed by atoms with van der Waals surface area (Å²) in [5.74, 6) is -1.06. The molecule has 0 saturated carbocycles. The van der Waals surface area contributed by atoms with E-state index < -0.39 is 18.1 Å². The molecule has 0 aromatic heterocycles. The third-order valence-electron chi connectivity index (χ3n) is 3.70. The second-order valence-corrected chi connectivity index (χ2v) is 5.47. The number of carbonyl (C=O) groups excluding carboxylic acids is 1. The minimum Gasteiger partial charge on any atom is -0.480 e. The van der Waals surface area contributed by atoms with Crippen molar-refractivity contribution in [1.29, 1.82) is 0 Å². The second-order valence-electron chi connectivity index (χ2n) is 5.47. The van der Waals surface area contributed by atoms with Crippen LogP contribution in [-0.2, 0) is 4.79 Å². The molecule has 0 aromatic rings. The van der Waals surface area contributed by atoms with Gasteiger partial charge in [0.05, 0.1) is 6.10 Å². The number of aliphatic hydroxyl groups is 1. The highest BCUT2D eigenvalue weighted by atomic mass is 16.4. The number of carboxylic acids is 1. The lowest BCUT2D eigenvalue weighted by atomic mass is 10.1. The zero-order valence-electron chi connectivity index (χ0n) is 12.3. The number of likely N-dealkylation sites (tertiary alicyclic amines) is 1. The van der Waals surface area contributed by atoms with Crippen molar-refractivity contribution >= 4 is 12.0 Å². The smallest absolute Gasteiger partial charge is 0.326 e. The predicted octanol–water partition coefficient (Wildman–Crippen LogP) is 1.57. The van der Waals surface area contributed by atoms with E-state index >= 15 is 0 Å². The number of carbonyl (C=O) groups is 2. The molecule has 0 aromatic carbocycles. The highest BCUT2D eigenvalue weighted by Crippen LogP contribution is 2.19. The first-order valence-electron chi connectivity index (χ1n) is 7.47. The first-order valence-corrected chi connectivity index (χ1v) is 7.47. The number of hydrogen-bond donors (Lipinski definition) is 3. The van der Waals surface area contributed by atoms with Crippen LogP contribution in [0.4, 0.5) is 4.79 Å². The summed E-state index contributed by atoms with van der Waals surface area (Å²) >= 11 is 0. The van der Waals surface area contributed by atoms with Gasteiger partial charge in [-0.1, -0.05) is 33.1 Å². The fraction of sp³-hybridized carbons (Fsp3) is 0.857. The minimum atomic E-state index is -1.06. The van der Waals surface area contributed by atoms with Gasteiger partial charge in [-0.2, -0.15) is 0 Å². The van der Waals surface area contributed by atoms with Gasteiger partial charge in [-0.25, -0.2) is 9.59 Å². The molecular weight excluding hydrogens is 260 g/mol. The number of nitrogens with zero attached hydrogens (tertiary/aromatic N) is 1. The highest BCUT2D eigenvalue weighted by molar-refractivity contribution is 5.83. The largest absolute Gasteiger partial charge is 0.480 e. The molecule has 1 rings (SSSR count). The molecule has 3 N–H and O–H groups in total. The molecule has 0 aliphatic carbocycles. The molecule has 1 heterocycles. The van der Waals surface area contributed by atoms with E-state index in [0.29, 0.717) is 0 Å². The maximum atomic E-state index is 12.2. The third-order valence-corrected chi connectivity index (χ3v) is 3.70. The average Bonchev–Trinajstić information content (AvgIpc) is 2.78. The van der Waals surface area contributed by atoms with Gasteiger partial charge in [0.2, 0.25) is 0 Å². The van der Waals surface area contributed by atoms with E-state index in [0.717, 1.165) is 32.1 Å². The van der Waals surface area contributed by atoms with Gasteiger partial charge >= 0.3 is 12.0 Å². The molecule has 116 valence electrons. The second kappa shape index (κ2) is 8.09. The number of nitrogens with one attached hydrogen (secondary N) is 1. The van der Waals surface area contributed by atoms with Crippen LogP contribution in [0.3, 0.4) is 0 Å². The molecule has 6 nitrogen and oxygen atoms in total. The fourth-order valence-electron chi connectivity index (χ4n) is 2.62. The lowest BCUT2D eigenvalue weighted by Gasteiger charge is -2.25. The Balaban J connectivity index is 2.60. The van der Waals surface area contributed by atoms with E-state index in [2.05, 4.69) is 19.2 Å². The molecule has 1 aliphatic heterocycles. The summed E-state index contributed by atoms with van der Waals surface area (Å²) < 4.78 is 0. The van der Waals surface area contributed by atoms with Crippen LogP contribution < -0.4 is 5.32 Å².